The molecule has 104 valence electrons. The summed E-state index contributed by atoms with van der Waals surface area (Å²) in [6, 6.07) is 5.54. The van der Waals surface area contributed by atoms with Gasteiger partial charge in [-0.15, -0.1) is 0 Å². The van der Waals surface area contributed by atoms with E-state index < -0.39 is 0 Å². The van der Waals surface area contributed by atoms with Gasteiger partial charge in [0, 0.05) is 11.1 Å². The fourth-order valence-corrected chi connectivity index (χ4v) is 2.81. The zero-order valence-electron chi connectivity index (χ0n) is 11.0. The maximum absolute atomic E-state index is 12.0. The summed E-state index contributed by atoms with van der Waals surface area (Å²) in [5, 5.41) is 3.86. The highest BCUT2D eigenvalue weighted by molar-refractivity contribution is 6.36. The van der Waals surface area contributed by atoms with Crippen molar-refractivity contribution in [1.82, 2.24) is 4.90 Å². The van der Waals surface area contributed by atoms with Crippen LogP contribution in [0.4, 0.5) is 5.69 Å². The zero-order valence-corrected chi connectivity index (χ0v) is 12.5. The van der Waals surface area contributed by atoms with Crippen molar-refractivity contribution in [2.75, 3.05) is 18.4 Å². The van der Waals surface area contributed by atoms with E-state index in [1.54, 1.807) is 18.2 Å². The minimum atomic E-state index is -0.0297. The summed E-state index contributed by atoms with van der Waals surface area (Å²) in [5.41, 5.74) is 0.612. The van der Waals surface area contributed by atoms with Crippen molar-refractivity contribution >= 4 is 34.8 Å². The first kappa shape index (κ1) is 14.6. The average molecular weight is 301 g/mol. The van der Waals surface area contributed by atoms with E-state index in [-0.39, 0.29) is 5.91 Å². The molecule has 1 aliphatic heterocycles. The highest BCUT2D eigenvalue weighted by atomic mass is 35.5. The lowest BCUT2D eigenvalue weighted by atomic mass is 10.0. The highest BCUT2D eigenvalue weighted by Gasteiger charge is 2.20. The largest absolute Gasteiger partial charge is 0.324 e. The van der Waals surface area contributed by atoms with Crippen LogP contribution in [0, 0.1) is 0 Å². The van der Waals surface area contributed by atoms with Gasteiger partial charge in [0.05, 0.1) is 17.3 Å². The number of halogens is 2. The maximum Gasteiger partial charge on any atom is 0.238 e. The number of hydrogen-bond donors (Lipinski definition) is 1. The van der Waals surface area contributed by atoms with E-state index in [0.717, 1.165) is 13.0 Å². The number of hydrogen-bond acceptors (Lipinski definition) is 2. The molecule has 1 fully saturated rings. The average Bonchev–Trinajstić information content (AvgIpc) is 2.36. The second-order valence-electron chi connectivity index (χ2n) is 4.99. The van der Waals surface area contributed by atoms with Gasteiger partial charge in [0.2, 0.25) is 5.91 Å². The normalized spacial score (nSPS) is 20.3. The molecule has 1 saturated heterocycles. The topological polar surface area (TPSA) is 32.3 Å². The van der Waals surface area contributed by atoms with Crippen LogP contribution in [0.1, 0.15) is 26.2 Å². The van der Waals surface area contributed by atoms with Crippen LogP contribution in [-0.4, -0.2) is 29.9 Å². The van der Waals surface area contributed by atoms with E-state index in [0.29, 0.717) is 28.3 Å². The first-order chi connectivity index (χ1) is 9.06. The molecule has 1 heterocycles. The minimum Gasteiger partial charge on any atom is -0.324 e. The lowest BCUT2D eigenvalue weighted by Crippen LogP contribution is -2.42. The molecule has 1 aliphatic rings. The Hall–Kier alpha value is -0.770. The van der Waals surface area contributed by atoms with Crippen LogP contribution in [-0.2, 0) is 4.79 Å². The number of carbonyl (C=O) groups excluding carboxylic acids is 1. The first-order valence-electron chi connectivity index (χ1n) is 6.55. The number of nitrogens with one attached hydrogen (secondary N) is 1. The summed E-state index contributed by atoms with van der Waals surface area (Å²) in [4.78, 5) is 14.2. The number of piperidine rings is 1. The van der Waals surface area contributed by atoms with Crippen LogP contribution < -0.4 is 5.32 Å². The molecule has 5 heteroatoms. The Kier molecular flexibility index (Phi) is 5.08. The Balaban J connectivity index is 1.93. The summed E-state index contributed by atoms with van der Waals surface area (Å²) in [7, 11) is 0. The molecular formula is C14H18Cl2N2O. The maximum atomic E-state index is 12.0. The molecule has 0 radical (unpaired) electrons. The molecule has 0 aromatic heterocycles. The minimum absolute atomic E-state index is 0.0297. The summed E-state index contributed by atoms with van der Waals surface area (Å²) in [6.07, 6.45) is 3.58. The van der Waals surface area contributed by atoms with Crippen molar-refractivity contribution in [3.63, 3.8) is 0 Å². The summed E-state index contributed by atoms with van der Waals surface area (Å²) < 4.78 is 0. The quantitative estimate of drug-likeness (QED) is 0.921. The second-order valence-corrected chi connectivity index (χ2v) is 5.83. The zero-order chi connectivity index (χ0) is 13.8. The molecule has 0 unspecified atom stereocenters. The monoisotopic (exact) mass is 300 g/mol. The van der Waals surface area contributed by atoms with Gasteiger partial charge in [-0.2, -0.15) is 0 Å². The van der Waals surface area contributed by atoms with Gasteiger partial charge in [0.25, 0.3) is 0 Å². The van der Waals surface area contributed by atoms with Crippen molar-refractivity contribution < 1.29 is 4.79 Å². The molecule has 0 bridgehead atoms. The van der Waals surface area contributed by atoms with Crippen molar-refractivity contribution in [2.24, 2.45) is 0 Å². The van der Waals surface area contributed by atoms with Gasteiger partial charge in [-0.1, -0.05) is 29.6 Å². The molecule has 0 aliphatic carbocycles. The predicted molar refractivity (Wildman–Crippen MR) is 80.0 cm³/mol. The summed E-state index contributed by atoms with van der Waals surface area (Å²) in [6.45, 7) is 3.57. The SMILES string of the molecule is C[C@@H]1CCCCN1CC(=O)Nc1ccc(Cl)cc1Cl. The molecule has 0 saturated carbocycles. The molecule has 2 rings (SSSR count). The Labute approximate surface area is 123 Å². The summed E-state index contributed by atoms with van der Waals surface area (Å²) in [5.74, 6) is -0.0297. The molecule has 1 aromatic carbocycles. The fraction of sp³-hybridized carbons (Fsp3) is 0.500. The van der Waals surface area contributed by atoms with Crippen molar-refractivity contribution in [2.45, 2.75) is 32.2 Å². The molecule has 1 amide bonds. The predicted octanol–water partition coefficient (Wildman–Crippen LogP) is 3.81. The molecule has 1 atom stereocenters. The van der Waals surface area contributed by atoms with Gasteiger partial charge in [0.1, 0.15) is 0 Å². The van der Waals surface area contributed by atoms with E-state index in [1.165, 1.54) is 12.8 Å². The molecule has 0 spiro atoms. The molecule has 1 N–H and O–H groups in total. The lowest BCUT2D eigenvalue weighted by molar-refractivity contribution is -0.118. The lowest BCUT2D eigenvalue weighted by Gasteiger charge is -2.32. The molecule has 19 heavy (non-hydrogen) atoms. The van der Waals surface area contributed by atoms with Gasteiger partial charge in [-0.3, -0.25) is 9.69 Å². The van der Waals surface area contributed by atoms with Crippen molar-refractivity contribution in [3.05, 3.63) is 28.2 Å². The van der Waals surface area contributed by atoms with Crippen molar-refractivity contribution in [3.8, 4) is 0 Å². The third kappa shape index (κ3) is 4.10. The standard InChI is InChI=1S/C14H18Cl2N2O/c1-10-4-2-3-7-18(10)9-14(19)17-13-6-5-11(15)8-12(13)16/h5-6,8,10H,2-4,7,9H2,1H3,(H,17,19)/t10-/m1/s1. The van der Waals surface area contributed by atoms with Crippen LogP contribution in [0.15, 0.2) is 18.2 Å². The number of amides is 1. The van der Waals surface area contributed by atoms with Gasteiger partial charge in [-0.05, 0) is 44.5 Å². The number of benzene rings is 1. The first-order valence-corrected chi connectivity index (χ1v) is 7.31. The van der Waals surface area contributed by atoms with Crippen molar-refractivity contribution in [1.29, 1.82) is 0 Å². The fourth-order valence-electron chi connectivity index (χ4n) is 2.36. The van der Waals surface area contributed by atoms with E-state index in [9.17, 15) is 4.79 Å². The Morgan fingerprint density at radius 1 is 1.42 bits per heavy atom. The van der Waals surface area contributed by atoms with E-state index in [4.69, 9.17) is 23.2 Å². The van der Waals surface area contributed by atoms with E-state index in [2.05, 4.69) is 17.1 Å². The number of anilines is 1. The Bertz CT molecular complexity index is 465. The number of likely N-dealkylation sites (tertiary alicyclic amines) is 1. The van der Waals surface area contributed by atoms with Gasteiger partial charge < -0.3 is 5.32 Å². The number of rotatable bonds is 3. The van der Waals surface area contributed by atoms with Gasteiger partial charge in [0.15, 0.2) is 0 Å². The van der Waals surface area contributed by atoms with Crippen LogP contribution in [0.5, 0.6) is 0 Å². The number of nitrogens with zero attached hydrogens (tertiary/aromatic N) is 1. The smallest absolute Gasteiger partial charge is 0.238 e. The van der Waals surface area contributed by atoms with E-state index >= 15 is 0 Å². The third-order valence-electron chi connectivity index (χ3n) is 3.49. The molecular weight excluding hydrogens is 283 g/mol. The van der Waals surface area contributed by atoms with Gasteiger partial charge >= 0.3 is 0 Å². The van der Waals surface area contributed by atoms with Crippen LogP contribution >= 0.6 is 23.2 Å². The second kappa shape index (κ2) is 6.60. The summed E-state index contributed by atoms with van der Waals surface area (Å²) >= 11 is 11.9. The number of carbonyl (C=O) groups is 1. The van der Waals surface area contributed by atoms with Crippen LogP contribution in [0.3, 0.4) is 0 Å². The highest BCUT2D eigenvalue weighted by Crippen LogP contribution is 2.25. The Morgan fingerprint density at radius 2 is 2.21 bits per heavy atom. The van der Waals surface area contributed by atoms with Crippen LogP contribution in [0.25, 0.3) is 0 Å². The molecule has 3 nitrogen and oxygen atoms in total. The Morgan fingerprint density at radius 3 is 2.89 bits per heavy atom. The third-order valence-corrected chi connectivity index (χ3v) is 4.04. The molecule has 1 aromatic rings. The van der Waals surface area contributed by atoms with Crippen LogP contribution in [0.2, 0.25) is 10.0 Å². The van der Waals surface area contributed by atoms with Gasteiger partial charge in [-0.25, -0.2) is 0 Å². The van der Waals surface area contributed by atoms with E-state index in [1.807, 2.05) is 0 Å².